The number of nitrogens with zero attached hydrogens (tertiary/aromatic N) is 2. The number of hydrogen-bond acceptors (Lipinski definition) is 5. The molecule has 1 aromatic carbocycles. The molecule has 2 aliphatic heterocycles. The Morgan fingerprint density at radius 2 is 2.06 bits per heavy atom. The minimum atomic E-state index is -0.676. The summed E-state index contributed by atoms with van der Waals surface area (Å²) >= 11 is 6.10. The van der Waals surface area contributed by atoms with Gasteiger partial charge < -0.3 is 24.7 Å². The van der Waals surface area contributed by atoms with E-state index in [2.05, 4.69) is 10.3 Å². The van der Waals surface area contributed by atoms with Crippen molar-refractivity contribution in [2.75, 3.05) is 26.3 Å². The summed E-state index contributed by atoms with van der Waals surface area (Å²) in [7, 11) is 0. The lowest BCUT2D eigenvalue weighted by Crippen LogP contribution is -2.49. The number of amides is 2. The number of nitrogens with one attached hydrogen (secondary N) is 2. The molecule has 2 aromatic rings. The van der Waals surface area contributed by atoms with Crippen molar-refractivity contribution in [2.45, 2.75) is 38.3 Å². The van der Waals surface area contributed by atoms with E-state index in [4.69, 9.17) is 26.1 Å². The number of fused-ring (bicyclic) bond motifs is 2. The van der Waals surface area contributed by atoms with Crippen molar-refractivity contribution in [2.24, 2.45) is 17.8 Å². The van der Waals surface area contributed by atoms with Crippen LogP contribution >= 0.6 is 11.6 Å². The molecule has 166 valence electrons. The zero-order chi connectivity index (χ0) is 22.0. The van der Waals surface area contributed by atoms with E-state index in [-0.39, 0.29) is 29.8 Å². The lowest BCUT2D eigenvalue weighted by Gasteiger charge is -2.28. The Morgan fingerprint density at radius 1 is 1.32 bits per heavy atom. The van der Waals surface area contributed by atoms with Crippen LogP contribution in [0.1, 0.15) is 33.0 Å². The highest BCUT2D eigenvalue weighted by molar-refractivity contribution is 6.31. The smallest absolute Gasteiger partial charge is 0.410 e. The van der Waals surface area contributed by atoms with Crippen molar-refractivity contribution in [1.29, 1.82) is 0 Å². The number of H-pyrrole nitrogens is 1. The molecule has 3 aliphatic rings. The maximum atomic E-state index is 13.2. The summed E-state index contributed by atoms with van der Waals surface area (Å²) in [6, 6.07) is 5.49. The van der Waals surface area contributed by atoms with Crippen molar-refractivity contribution in [3.8, 4) is 0 Å². The van der Waals surface area contributed by atoms with Gasteiger partial charge in [-0.1, -0.05) is 11.6 Å². The molecule has 3 fully saturated rings. The Labute approximate surface area is 185 Å². The van der Waals surface area contributed by atoms with Crippen LogP contribution in [0.25, 0.3) is 11.0 Å². The van der Waals surface area contributed by atoms with E-state index < -0.39 is 11.1 Å². The van der Waals surface area contributed by atoms with Gasteiger partial charge in [0.25, 0.3) is 0 Å². The highest BCUT2D eigenvalue weighted by Crippen LogP contribution is 2.52. The molecule has 2 N–H and O–H groups in total. The van der Waals surface area contributed by atoms with Crippen molar-refractivity contribution < 1.29 is 19.1 Å². The summed E-state index contributed by atoms with van der Waals surface area (Å²) in [5.74, 6) is 0.970. The van der Waals surface area contributed by atoms with E-state index in [1.807, 2.05) is 32.9 Å². The maximum Gasteiger partial charge on any atom is 0.410 e. The molecule has 2 unspecified atom stereocenters. The molecule has 0 radical (unpaired) electrons. The first kappa shape index (κ1) is 20.6. The number of ether oxygens (including phenoxy) is 2. The number of aromatic nitrogens is 2. The number of likely N-dealkylation sites (tertiary alicyclic amines) is 1. The summed E-state index contributed by atoms with van der Waals surface area (Å²) in [6.07, 6.45) is 0.346. The lowest BCUT2D eigenvalue weighted by atomic mass is 9.97. The third kappa shape index (κ3) is 3.76. The SMILES string of the molecule is CC(C)(C)OC(=O)N1C[C@@H]2C(C(=O)NC3(c4nc5ccc(Cl)cc5[nH]4)CCOC3)[C@@H]2C1. The van der Waals surface area contributed by atoms with Crippen LogP contribution in [0.2, 0.25) is 5.02 Å². The predicted molar refractivity (Wildman–Crippen MR) is 115 cm³/mol. The van der Waals surface area contributed by atoms with Gasteiger partial charge in [-0.2, -0.15) is 0 Å². The number of halogens is 1. The van der Waals surface area contributed by atoms with Gasteiger partial charge in [-0.05, 0) is 50.8 Å². The van der Waals surface area contributed by atoms with Gasteiger partial charge in [-0.15, -0.1) is 0 Å². The molecule has 3 heterocycles. The van der Waals surface area contributed by atoms with E-state index in [9.17, 15) is 9.59 Å². The Hall–Kier alpha value is -2.32. The van der Waals surface area contributed by atoms with Crippen molar-refractivity contribution in [3.63, 3.8) is 0 Å². The molecule has 8 nitrogen and oxygen atoms in total. The summed E-state index contributed by atoms with van der Waals surface area (Å²) < 4.78 is 11.1. The fourth-order valence-corrected chi connectivity index (χ4v) is 5.00. The van der Waals surface area contributed by atoms with E-state index in [1.54, 1.807) is 11.0 Å². The van der Waals surface area contributed by atoms with Crippen molar-refractivity contribution in [1.82, 2.24) is 20.2 Å². The standard InChI is InChI=1S/C22H27ClN4O4/c1-21(2,3)31-20(29)27-9-13-14(10-27)17(13)18(28)26-22(6-7-30-11-22)19-24-15-5-4-12(23)8-16(15)25-19/h4-5,8,13-14,17H,6-7,9-11H2,1-3H3,(H,24,25)(H,26,28)/t13-,14+,17?,22?. The van der Waals surface area contributed by atoms with Crippen molar-refractivity contribution >= 4 is 34.6 Å². The zero-order valence-electron chi connectivity index (χ0n) is 17.9. The molecule has 5 rings (SSSR count). The summed E-state index contributed by atoms with van der Waals surface area (Å²) in [4.78, 5) is 35.2. The van der Waals surface area contributed by atoms with E-state index in [1.165, 1.54) is 0 Å². The van der Waals surface area contributed by atoms with Crippen LogP contribution in [-0.2, 0) is 19.8 Å². The Balaban J connectivity index is 1.27. The lowest BCUT2D eigenvalue weighted by molar-refractivity contribution is -0.125. The molecule has 4 atom stereocenters. The van der Waals surface area contributed by atoms with E-state index in [0.717, 1.165) is 11.0 Å². The molecule has 1 aromatic heterocycles. The molecule has 31 heavy (non-hydrogen) atoms. The molecule has 1 aliphatic carbocycles. The van der Waals surface area contributed by atoms with Crippen LogP contribution in [0, 0.1) is 17.8 Å². The monoisotopic (exact) mass is 446 g/mol. The van der Waals surface area contributed by atoms with Gasteiger partial charge in [0.2, 0.25) is 5.91 Å². The van der Waals surface area contributed by atoms with Gasteiger partial charge in [0.15, 0.2) is 0 Å². The van der Waals surface area contributed by atoms with Gasteiger partial charge in [0.05, 0.1) is 17.6 Å². The van der Waals surface area contributed by atoms with Crippen LogP contribution in [0.4, 0.5) is 4.79 Å². The van der Waals surface area contributed by atoms with Crippen LogP contribution in [0.15, 0.2) is 18.2 Å². The number of carbonyl (C=O) groups excluding carboxylic acids is 2. The molecule has 0 spiro atoms. The highest BCUT2D eigenvalue weighted by atomic mass is 35.5. The summed E-state index contributed by atoms with van der Waals surface area (Å²) in [6.45, 7) is 7.61. The van der Waals surface area contributed by atoms with E-state index in [0.29, 0.717) is 43.6 Å². The number of rotatable bonds is 3. The van der Waals surface area contributed by atoms with Crippen LogP contribution in [0.5, 0.6) is 0 Å². The molecular formula is C22H27ClN4O4. The second-order valence-corrected chi connectivity index (χ2v) is 10.3. The number of carbonyl (C=O) groups is 2. The second-order valence-electron chi connectivity index (χ2n) is 9.86. The molecular weight excluding hydrogens is 420 g/mol. The topological polar surface area (TPSA) is 96.5 Å². The van der Waals surface area contributed by atoms with Gasteiger partial charge in [0.1, 0.15) is 17.0 Å². The summed E-state index contributed by atoms with van der Waals surface area (Å²) in [5, 5.41) is 3.86. The number of aromatic amines is 1. The minimum Gasteiger partial charge on any atom is -0.444 e. The van der Waals surface area contributed by atoms with E-state index >= 15 is 0 Å². The second kappa shape index (κ2) is 7.10. The van der Waals surface area contributed by atoms with Gasteiger partial charge in [-0.25, -0.2) is 9.78 Å². The normalized spacial score (nSPS) is 29.8. The Morgan fingerprint density at radius 3 is 2.71 bits per heavy atom. The molecule has 2 amide bonds. The Bertz CT molecular complexity index is 1030. The van der Waals surface area contributed by atoms with Gasteiger partial charge in [0, 0.05) is 37.1 Å². The maximum absolute atomic E-state index is 13.2. The van der Waals surface area contributed by atoms with Crippen LogP contribution in [-0.4, -0.2) is 58.8 Å². The number of piperidine rings is 1. The third-order valence-corrected chi connectivity index (χ3v) is 6.66. The van der Waals surface area contributed by atoms with Crippen LogP contribution < -0.4 is 5.32 Å². The number of imidazole rings is 1. The van der Waals surface area contributed by atoms with Crippen LogP contribution in [0.3, 0.4) is 0 Å². The zero-order valence-corrected chi connectivity index (χ0v) is 18.7. The average Bonchev–Trinajstić information content (AvgIpc) is 3.11. The van der Waals surface area contributed by atoms with Gasteiger partial charge >= 0.3 is 6.09 Å². The first-order valence-electron chi connectivity index (χ1n) is 10.7. The quantitative estimate of drug-likeness (QED) is 0.755. The predicted octanol–water partition coefficient (Wildman–Crippen LogP) is 3.06. The fourth-order valence-electron chi connectivity index (χ4n) is 4.83. The molecule has 9 heteroatoms. The molecule has 0 bridgehead atoms. The minimum absolute atomic E-state index is 0.00262. The van der Waals surface area contributed by atoms with Gasteiger partial charge in [-0.3, -0.25) is 4.79 Å². The fraction of sp³-hybridized carbons (Fsp3) is 0.591. The largest absolute Gasteiger partial charge is 0.444 e. The first-order chi connectivity index (χ1) is 14.7. The average molecular weight is 447 g/mol. The Kier molecular flexibility index (Phi) is 4.71. The third-order valence-electron chi connectivity index (χ3n) is 6.43. The number of benzene rings is 1. The van der Waals surface area contributed by atoms with Crippen molar-refractivity contribution in [3.05, 3.63) is 29.0 Å². The molecule has 1 saturated carbocycles. The molecule has 2 saturated heterocycles. The first-order valence-corrected chi connectivity index (χ1v) is 11.1. The summed E-state index contributed by atoms with van der Waals surface area (Å²) in [5.41, 5.74) is 0.437. The number of hydrogen-bond donors (Lipinski definition) is 2. The highest BCUT2D eigenvalue weighted by Gasteiger charge is 2.61.